The number of ether oxygens (including phenoxy) is 1. The van der Waals surface area contributed by atoms with Crippen molar-refractivity contribution in [2.45, 2.75) is 29.9 Å². The molecule has 2 amide bonds. The monoisotopic (exact) mass is 427 g/mol. The maximum Gasteiger partial charge on any atom is 0.253 e. The largest absolute Gasteiger partial charge is 0.366 e. The summed E-state index contributed by atoms with van der Waals surface area (Å²) in [6.45, 7) is 1.14. The molecule has 0 bridgehead atoms. The van der Waals surface area contributed by atoms with Gasteiger partial charge < -0.3 is 14.5 Å². The van der Waals surface area contributed by atoms with E-state index in [2.05, 4.69) is 0 Å². The number of carbonyl (C=O) groups excluding carboxylic acids is 2. The zero-order valence-corrected chi connectivity index (χ0v) is 16.9. The fourth-order valence-electron chi connectivity index (χ4n) is 3.64. The predicted octanol–water partition coefficient (Wildman–Crippen LogP) is 0.563. The lowest BCUT2D eigenvalue weighted by atomic mass is 10.2. The van der Waals surface area contributed by atoms with Crippen LogP contribution in [0.25, 0.3) is 0 Å². The number of halogens is 1. The lowest BCUT2D eigenvalue weighted by Crippen LogP contribution is -2.58. The van der Waals surface area contributed by atoms with Crippen molar-refractivity contribution >= 4 is 33.4 Å². The number of rotatable bonds is 4. The van der Waals surface area contributed by atoms with Crippen molar-refractivity contribution in [3.8, 4) is 0 Å². The Kier molecular flexibility index (Phi) is 5.34. The molecular formula is C18H22ClN3O5S. The molecule has 4 rings (SSSR count). The minimum atomic E-state index is -3.84. The van der Waals surface area contributed by atoms with E-state index in [-0.39, 0.29) is 48.0 Å². The number of amides is 2. The number of morpholine rings is 1. The lowest BCUT2D eigenvalue weighted by Gasteiger charge is -2.38. The average Bonchev–Trinajstić information content (AvgIpc) is 3.53. The molecule has 1 aromatic carbocycles. The first-order chi connectivity index (χ1) is 13.4. The van der Waals surface area contributed by atoms with Crippen molar-refractivity contribution in [1.29, 1.82) is 0 Å². The number of benzene rings is 1. The number of hydrogen-bond acceptors (Lipinski definition) is 5. The zero-order valence-electron chi connectivity index (χ0n) is 15.3. The van der Waals surface area contributed by atoms with Gasteiger partial charge >= 0.3 is 0 Å². The van der Waals surface area contributed by atoms with Gasteiger partial charge in [-0.3, -0.25) is 9.59 Å². The van der Waals surface area contributed by atoms with Crippen LogP contribution < -0.4 is 0 Å². The second-order valence-corrected chi connectivity index (χ2v) is 9.54. The van der Waals surface area contributed by atoms with Crippen molar-refractivity contribution in [2.24, 2.45) is 0 Å². The van der Waals surface area contributed by atoms with Crippen molar-refractivity contribution < 1.29 is 22.7 Å². The Balaban J connectivity index is 1.44. The molecule has 2 saturated heterocycles. The molecule has 2 heterocycles. The Labute approximate surface area is 169 Å². The van der Waals surface area contributed by atoms with E-state index in [4.69, 9.17) is 16.3 Å². The van der Waals surface area contributed by atoms with Gasteiger partial charge in [-0.1, -0.05) is 23.7 Å². The molecule has 28 heavy (non-hydrogen) atoms. The first-order valence-electron chi connectivity index (χ1n) is 9.32. The number of nitrogens with zero attached hydrogens (tertiary/aromatic N) is 3. The highest BCUT2D eigenvalue weighted by Gasteiger charge is 2.40. The Bertz CT molecular complexity index is 889. The van der Waals surface area contributed by atoms with Gasteiger partial charge in [0.15, 0.2) is 0 Å². The molecule has 1 atom stereocenters. The summed E-state index contributed by atoms with van der Waals surface area (Å²) in [6, 6.07) is 6.55. The van der Waals surface area contributed by atoms with Crippen LogP contribution in [-0.4, -0.2) is 85.8 Å². The fourth-order valence-corrected chi connectivity index (χ4v) is 5.55. The second-order valence-electron chi connectivity index (χ2n) is 7.23. The van der Waals surface area contributed by atoms with Crippen molar-refractivity contribution in [3.63, 3.8) is 0 Å². The molecule has 3 aliphatic rings. The molecule has 1 aliphatic carbocycles. The van der Waals surface area contributed by atoms with E-state index in [1.54, 1.807) is 12.1 Å². The Morgan fingerprint density at radius 2 is 1.89 bits per heavy atom. The molecule has 0 radical (unpaired) electrons. The van der Waals surface area contributed by atoms with Crippen molar-refractivity contribution in [3.05, 3.63) is 29.3 Å². The third-order valence-corrected chi connectivity index (χ3v) is 7.68. The van der Waals surface area contributed by atoms with Crippen LogP contribution in [0.5, 0.6) is 0 Å². The summed E-state index contributed by atoms with van der Waals surface area (Å²) in [5, 5.41) is 0.138. The Hall–Kier alpha value is -1.68. The van der Waals surface area contributed by atoms with Crippen molar-refractivity contribution in [2.75, 3.05) is 39.3 Å². The molecule has 1 unspecified atom stereocenters. The van der Waals surface area contributed by atoms with E-state index in [1.807, 2.05) is 4.90 Å². The van der Waals surface area contributed by atoms with E-state index in [0.717, 1.165) is 12.8 Å². The maximum absolute atomic E-state index is 12.9. The topological polar surface area (TPSA) is 87.2 Å². The molecule has 3 fully saturated rings. The molecule has 0 spiro atoms. The van der Waals surface area contributed by atoms with Gasteiger partial charge in [0.05, 0.1) is 18.2 Å². The first kappa shape index (κ1) is 19.6. The van der Waals surface area contributed by atoms with Crippen LogP contribution >= 0.6 is 11.6 Å². The van der Waals surface area contributed by atoms with Crippen LogP contribution in [0.4, 0.5) is 0 Å². The SMILES string of the molecule is O=C(C1CN(S(=O)(=O)c2ccccc2Cl)CCO1)N1CCN(C2CC2)C(=O)C1. The van der Waals surface area contributed by atoms with Crippen LogP contribution in [0, 0.1) is 0 Å². The zero-order chi connectivity index (χ0) is 19.9. The minimum absolute atomic E-state index is 0.0120. The van der Waals surface area contributed by atoms with Gasteiger partial charge in [0, 0.05) is 32.2 Å². The number of sulfonamides is 1. The third kappa shape index (κ3) is 3.76. The van der Waals surface area contributed by atoms with E-state index >= 15 is 0 Å². The Morgan fingerprint density at radius 1 is 1.14 bits per heavy atom. The van der Waals surface area contributed by atoms with Gasteiger partial charge in [-0.05, 0) is 25.0 Å². The number of carbonyl (C=O) groups is 2. The molecule has 152 valence electrons. The highest BCUT2D eigenvalue weighted by molar-refractivity contribution is 7.89. The second kappa shape index (κ2) is 7.62. The maximum atomic E-state index is 12.9. The highest BCUT2D eigenvalue weighted by Crippen LogP contribution is 2.29. The highest BCUT2D eigenvalue weighted by atomic mass is 35.5. The molecule has 1 saturated carbocycles. The molecule has 0 N–H and O–H groups in total. The molecular weight excluding hydrogens is 406 g/mol. The number of hydrogen-bond donors (Lipinski definition) is 0. The van der Waals surface area contributed by atoms with Crippen LogP contribution in [0.1, 0.15) is 12.8 Å². The quantitative estimate of drug-likeness (QED) is 0.700. The van der Waals surface area contributed by atoms with E-state index in [9.17, 15) is 18.0 Å². The van der Waals surface area contributed by atoms with Crippen molar-refractivity contribution in [1.82, 2.24) is 14.1 Å². The summed E-state index contributed by atoms with van der Waals surface area (Å²) in [6.07, 6.45) is 1.13. The lowest BCUT2D eigenvalue weighted by molar-refractivity contribution is -0.155. The van der Waals surface area contributed by atoms with Gasteiger partial charge in [-0.2, -0.15) is 4.31 Å². The van der Waals surface area contributed by atoms with E-state index in [0.29, 0.717) is 19.1 Å². The summed E-state index contributed by atoms with van der Waals surface area (Å²) in [5.74, 6) is -0.402. The van der Waals surface area contributed by atoms with Crippen LogP contribution in [0.2, 0.25) is 5.02 Å². The van der Waals surface area contributed by atoms with Crippen LogP contribution in [0.3, 0.4) is 0 Å². The standard InChI is InChI=1S/C18H22ClN3O5S/c19-14-3-1-2-4-16(14)28(25,26)21-9-10-27-15(11-21)18(24)20-7-8-22(13-5-6-13)17(23)12-20/h1-4,13,15H,5-12H2. The summed E-state index contributed by atoms with van der Waals surface area (Å²) < 4.78 is 32.6. The fraction of sp³-hybridized carbons (Fsp3) is 0.556. The summed E-state index contributed by atoms with van der Waals surface area (Å²) in [4.78, 5) is 28.5. The van der Waals surface area contributed by atoms with Gasteiger partial charge in [0.1, 0.15) is 11.0 Å². The molecule has 2 aliphatic heterocycles. The summed E-state index contributed by atoms with van der Waals surface area (Å²) in [7, 11) is -3.84. The molecule has 1 aromatic rings. The number of piperazine rings is 1. The van der Waals surface area contributed by atoms with Gasteiger partial charge in [0.25, 0.3) is 5.91 Å². The molecule has 10 heteroatoms. The van der Waals surface area contributed by atoms with Gasteiger partial charge in [-0.15, -0.1) is 0 Å². The molecule has 8 nitrogen and oxygen atoms in total. The van der Waals surface area contributed by atoms with Crippen LogP contribution in [-0.2, 0) is 24.3 Å². The normalized spacial score (nSPS) is 24.5. The smallest absolute Gasteiger partial charge is 0.253 e. The predicted molar refractivity (Wildman–Crippen MR) is 101 cm³/mol. The van der Waals surface area contributed by atoms with Gasteiger partial charge in [0.2, 0.25) is 15.9 Å². The Morgan fingerprint density at radius 3 is 2.57 bits per heavy atom. The average molecular weight is 428 g/mol. The third-order valence-electron chi connectivity index (χ3n) is 5.32. The van der Waals surface area contributed by atoms with E-state index in [1.165, 1.54) is 21.3 Å². The summed E-state index contributed by atoms with van der Waals surface area (Å²) in [5.41, 5.74) is 0. The molecule has 0 aromatic heterocycles. The summed E-state index contributed by atoms with van der Waals surface area (Å²) >= 11 is 6.05. The van der Waals surface area contributed by atoms with Crippen LogP contribution in [0.15, 0.2) is 29.2 Å². The first-order valence-corrected chi connectivity index (χ1v) is 11.1. The van der Waals surface area contributed by atoms with E-state index < -0.39 is 16.1 Å². The van der Waals surface area contributed by atoms with Gasteiger partial charge in [-0.25, -0.2) is 8.42 Å². The minimum Gasteiger partial charge on any atom is -0.366 e.